The molecule has 0 saturated carbocycles. The monoisotopic (exact) mass is 389 g/mol. The van der Waals surface area contributed by atoms with Gasteiger partial charge in [0.25, 0.3) is 0 Å². The number of nitrogens with zero attached hydrogens (tertiary/aromatic N) is 4. The number of aromatic amines is 1. The van der Waals surface area contributed by atoms with Crippen molar-refractivity contribution in [3.63, 3.8) is 0 Å². The molecule has 0 radical (unpaired) electrons. The summed E-state index contributed by atoms with van der Waals surface area (Å²) in [5.41, 5.74) is 3.31. The largest absolute Gasteiger partial charge is 0.368 e. The standard InChI is InChI=1S/C23H27N5O/c29-22(27-16-14-26(15-17-27)19-6-2-1-3-7-19)18-10-12-28(13-11-18)23-24-20-8-4-5-9-21(20)25-23/h1-9,18H,10-17H2,(H,24,25). The molecule has 1 N–H and O–H groups in total. The van der Waals surface area contributed by atoms with Crippen LogP contribution in [0.15, 0.2) is 54.6 Å². The van der Waals surface area contributed by atoms with Gasteiger partial charge in [-0.25, -0.2) is 4.98 Å². The summed E-state index contributed by atoms with van der Waals surface area (Å²) < 4.78 is 0. The maximum absolute atomic E-state index is 13.0. The number of piperidine rings is 1. The van der Waals surface area contributed by atoms with E-state index in [-0.39, 0.29) is 5.92 Å². The molecule has 2 saturated heterocycles. The number of fused-ring (bicyclic) bond motifs is 1. The maximum atomic E-state index is 13.0. The first-order valence-corrected chi connectivity index (χ1v) is 10.6. The number of nitrogens with one attached hydrogen (secondary N) is 1. The second-order valence-electron chi connectivity index (χ2n) is 7.99. The third kappa shape index (κ3) is 3.67. The number of carbonyl (C=O) groups excluding carboxylic acids is 1. The molecule has 0 spiro atoms. The second-order valence-corrected chi connectivity index (χ2v) is 7.99. The molecule has 0 atom stereocenters. The van der Waals surface area contributed by atoms with Crippen molar-refractivity contribution in [1.29, 1.82) is 0 Å². The molecule has 3 aromatic rings. The van der Waals surface area contributed by atoms with Crippen LogP contribution in [0.1, 0.15) is 12.8 Å². The summed E-state index contributed by atoms with van der Waals surface area (Å²) in [5.74, 6) is 1.40. The quantitative estimate of drug-likeness (QED) is 0.748. The number of imidazole rings is 1. The molecule has 5 rings (SSSR count). The molecule has 2 aliphatic heterocycles. The number of hydrogen-bond donors (Lipinski definition) is 1. The van der Waals surface area contributed by atoms with Crippen molar-refractivity contribution in [3.05, 3.63) is 54.6 Å². The molecule has 0 aliphatic carbocycles. The number of anilines is 2. The van der Waals surface area contributed by atoms with Gasteiger partial charge in [0, 0.05) is 50.9 Å². The number of H-pyrrole nitrogens is 1. The van der Waals surface area contributed by atoms with Gasteiger partial charge in [-0.1, -0.05) is 30.3 Å². The molecule has 0 unspecified atom stereocenters. The number of rotatable bonds is 3. The zero-order chi connectivity index (χ0) is 19.6. The second kappa shape index (κ2) is 7.78. The number of carbonyl (C=O) groups is 1. The van der Waals surface area contributed by atoms with Crippen molar-refractivity contribution in [2.24, 2.45) is 5.92 Å². The summed E-state index contributed by atoms with van der Waals surface area (Å²) in [6.07, 6.45) is 1.80. The Kier molecular flexibility index (Phi) is 4.84. The minimum Gasteiger partial charge on any atom is -0.368 e. The number of amides is 1. The van der Waals surface area contributed by atoms with E-state index >= 15 is 0 Å². The van der Waals surface area contributed by atoms with Crippen LogP contribution in [0.3, 0.4) is 0 Å². The van der Waals surface area contributed by atoms with Crippen LogP contribution in [0.5, 0.6) is 0 Å². The van der Waals surface area contributed by atoms with E-state index in [4.69, 9.17) is 4.98 Å². The van der Waals surface area contributed by atoms with Gasteiger partial charge in [0.2, 0.25) is 11.9 Å². The Bertz CT molecular complexity index is 936. The summed E-state index contributed by atoms with van der Waals surface area (Å²) in [5, 5.41) is 0. The van der Waals surface area contributed by atoms with Gasteiger partial charge in [0.05, 0.1) is 11.0 Å². The molecular weight excluding hydrogens is 362 g/mol. The van der Waals surface area contributed by atoms with Crippen molar-refractivity contribution in [2.75, 3.05) is 49.1 Å². The van der Waals surface area contributed by atoms with Gasteiger partial charge in [0.15, 0.2) is 0 Å². The van der Waals surface area contributed by atoms with Gasteiger partial charge in [-0.15, -0.1) is 0 Å². The van der Waals surface area contributed by atoms with Crippen molar-refractivity contribution in [1.82, 2.24) is 14.9 Å². The average molecular weight is 390 g/mol. The van der Waals surface area contributed by atoms with Crippen molar-refractivity contribution >= 4 is 28.6 Å². The molecule has 2 aromatic carbocycles. The lowest BCUT2D eigenvalue weighted by Crippen LogP contribution is -2.51. The molecule has 2 fully saturated rings. The topological polar surface area (TPSA) is 55.5 Å². The lowest BCUT2D eigenvalue weighted by molar-refractivity contribution is -0.136. The van der Waals surface area contributed by atoms with Gasteiger partial charge in [0.1, 0.15) is 0 Å². The van der Waals surface area contributed by atoms with E-state index in [0.717, 1.165) is 69.1 Å². The first kappa shape index (κ1) is 18.0. The van der Waals surface area contributed by atoms with E-state index < -0.39 is 0 Å². The van der Waals surface area contributed by atoms with Gasteiger partial charge < -0.3 is 19.7 Å². The summed E-state index contributed by atoms with van der Waals surface area (Å²) in [4.78, 5) is 27.9. The summed E-state index contributed by atoms with van der Waals surface area (Å²) >= 11 is 0. The Morgan fingerprint density at radius 3 is 2.24 bits per heavy atom. The fraction of sp³-hybridized carbons (Fsp3) is 0.391. The molecule has 2 aliphatic rings. The molecule has 6 heteroatoms. The fourth-order valence-electron chi connectivity index (χ4n) is 4.51. The van der Waals surface area contributed by atoms with Crippen LogP contribution in [-0.2, 0) is 4.79 Å². The molecule has 1 amide bonds. The third-order valence-electron chi connectivity index (χ3n) is 6.23. The first-order valence-electron chi connectivity index (χ1n) is 10.6. The maximum Gasteiger partial charge on any atom is 0.225 e. The van der Waals surface area contributed by atoms with Gasteiger partial charge in [-0.2, -0.15) is 0 Å². The number of hydrogen-bond acceptors (Lipinski definition) is 4. The lowest BCUT2D eigenvalue weighted by Gasteiger charge is -2.39. The third-order valence-corrected chi connectivity index (χ3v) is 6.23. The molecule has 29 heavy (non-hydrogen) atoms. The van der Waals surface area contributed by atoms with Gasteiger partial charge in [-0.05, 0) is 37.1 Å². The van der Waals surface area contributed by atoms with Crippen LogP contribution in [0, 0.1) is 5.92 Å². The Morgan fingerprint density at radius 1 is 0.828 bits per heavy atom. The van der Waals surface area contributed by atoms with E-state index in [9.17, 15) is 4.79 Å². The predicted octanol–water partition coefficient (Wildman–Crippen LogP) is 3.13. The Balaban J connectivity index is 1.15. The predicted molar refractivity (Wildman–Crippen MR) is 116 cm³/mol. The minimum atomic E-state index is 0.138. The molecule has 0 bridgehead atoms. The Labute approximate surface area is 171 Å². The average Bonchev–Trinajstić information content (AvgIpc) is 3.24. The first-order chi connectivity index (χ1) is 14.3. The molecule has 150 valence electrons. The SMILES string of the molecule is O=C(C1CCN(c2nc3ccccc3[nH]2)CC1)N1CCN(c2ccccc2)CC1. The van der Waals surface area contributed by atoms with E-state index in [1.165, 1.54) is 5.69 Å². The summed E-state index contributed by atoms with van der Waals surface area (Å²) in [7, 11) is 0. The lowest BCUT2D eigenvalue weighted by atomic mass is 9.95. The smallest absolute Gasteiger partial charge is 0.225 e. The number of piperazine rings is 1. The van der Waals surface area contributed by atoms with Crippen LogP contribution in [0.25, 0.3) is 11.0 Å². The number of benzene rings is 2. The minimum absolute atomic E-state index is 0.138. The molecular formula is C23H27N5O. The van der Waals surface area contributed by atoms with E-state index in [2.05, 4.69) is 50.0 Å². The zero-order valence-electron chi connectivity index (χ0n) is 16.6. The van der Waals surface area contributed by atoms with Crippen molar-refractivity contribution < 1.29 is 4.79 Å². The fourth-order valence-corrected chi connectivity index (χ4v) is 4.51. The molecule has 6 nitrogen and oxygen atoms in total. The van der Waals surface area contributed by atoms with Crippen molar-refractivity contribution in [3.8, 4) is 0 Å². The summed E-state index contributed by atoms with van der Waals surface area (Å²) in [6.45, 7) is 5.20. The van der Waals surface area contributed by atoms with Crippen LogP contribution < -0.4 is 9.80 Å². The number of para-hydroxylation sites is 3. The molecule has 1 aromatic heterocycles. The number of aromatic nitrogens is 2. The van der Waals surface area contributed by atoms with Gasteiger partial charge >= 0.3 is 0 Å². The van der Waals surface area contributed by atoms with Crippen LogP contribution in [0.4, 0.5) is 11.6 Å². The normalized spacial score (nSPS) is 18.4. The van der Waals surface area contributed by atoms with Crippen LogP contribution in [0.2, 0.25) is 0 Å². The van der Waals surface area contributed by atoms with Crippen LogP contribution >= 0.6 is 0 Å². The highest BCUT2D eigenvalue weighted by molar-refractivity contribution is 5.80. The van der Waals surface area contributed by atoms with E-state index in [1.807, 2.05) is 24.3 Å². The highest BCUT2D eigenvalue weighted by atomic mass is 16.2. The van der Waals surface area contributed by atoms with Crippen molar-refractivity contribution in [2.45, 2.75) is 12.8 Å². The van der Waals surface area contributed by atoms with E-state index in [0.29, 0.717) is 5.91 Å². The zero-order valence-corrected chi connectivity index (χ0v) is 16.6. The van der Waals surface area contributed by atoms with E-state index in [1.54, 1.807) is 0 Å². The van der Waals surface area contributed by atoms with Gasteiger partial charge in [-0.3, -0.25) is 4.79 Å². The van der Waals surface area contributed by atoms with Crippen LogP contribution in [-0.4, -0.2) is 60.0 Å². The highest BCUT2D eigenvalue weighted by Gasteiger charge is 2.31. The Hall–Kier alpha value is -3.02. The molecule has 3 heterocycles. The summed E-state index contributed by atoms with van der Waals surface area (Å²) in [6, 6.07) is 18.6. The Morgan fingerprint density at radius 2 is 1.52 bits per heavy atom. The highest BCUT2D eigenvalue weighted by Crippen LogP contribution is 2.25.